The van der Waals surface area contributed by atoms with Crippen LogP contribution in [-0.2, 0) is 17.8 Å². The topological polar surface area (TPSA) is 72.7 Å². The van der Waals surface area contributed by atoms with Crippen molar-refractivity contribution in [2.24, 2.45) is 0 Å². The van der Waals surface area contributed by atoms with E-state index in [0.717, 1.165) is 23.2 Å². The van der Waals surface area contributed by atoms with Crippen molar-refractivity contribution in [1.29, 1.82) is 0 Å². The van der Waals surface area contributed by atoms with Gasteiger partial charge in [0.05, 0.1) is 0 Å². The van der Waals surface area contributed by atoms with Crippen LogP contribution in [0.1, 0.15) is 37.8 Å². The van der Waals surface area contributed by atoms with Crippen LogP contribution >= 0.6 is 0 Å². The van der Waals surface area contributed by atoms with E-state index < -0.39 is 0 Å². The number of carbonyl (C=O) groups is 1. The molecule has 1 heterocycles. The van der Waals surface area contributed by atoms with E-state index in [9.17, 15) is 4.79 Å². The van der Waals surface area contributed by atoms with E-state index in [0.29, 0.717) is 11.7 Å². The first-order valence-electron chi connectivity index (χ1n) is 8.82. The molecule has 0 bridgehead atoms. The molecule has 1 amide bonds. The van der Waals surface area contributed by atoms with Gasteiger partial charge in [-0.3, -0.25) is 4.79 Å². The molecule has 0 aliphatic rings. The van der Waals surface area contributed by atoms with Gasteiger partial charge in [-0.05, 0) is 34.7 Å². The summed E-state index contributed by atoms with van der Waals surface area (Å²) < 4.78 is 0. The van der Waals surface area contributed by atoms with Gasteiger partial charge in [-0.25, -0.2) is 0 Å². The minimum absolute atomic E-state index is 0.0203. The number of hydrogen-bond donors (Lipinski definition) is 1. The Morgan fingerprint density at radius 1 is 1.12 bits per heavy atom. The molecule has 0 fully saturated rings. The van der Waals surface area contributed by atoms with Crippen molar-refractivity contribution in [2.45, 2.75) is 39.7 Å². The lowest BCUT2D eigenvalue weighted by atomic mass is 10.0. The van der Waals surface area contributed by atoms with Gasteiger partial charge in [-0.1, -0.05) is 63.2 Å². The fraction of sp³-hybridized carbons (Fsp3) is 0.300. The first-order valence-corrected chi connectivity index (χ1v) is 8.82. The summed E-state index contributed by atoms with van der Waals surface area (Å²) in [6.07, 6.45) is 0.985. The van der Waals surface area contributed by atoms with Gasteiger partial charge in [0, 0.05) is 11.3 Å². The van der Waals surface area contributed by atoms with Crippen LogP contribution in [0.5, 0.6) is 0 Å². The number of para-hydroxylation sites is 1. The second kappa shape index (κ2) is 7.91. The van der Waals surface area contributed by atoms with E-state index in [2.05, 4.69) is 41.5 Å². The molecule has 26 heavy (non-hydrogen) atoms. The highest BCUT2D eigenvalue weighted by molar-refractivity contribution is 5.91. The van der Waals surface area contributed by atoms with E-state index in [1.807, 2.05) is 48.5 Å². The predicted octanol–water partition coefficient (Wildman–Crippen LogP) is 3.66. The Balaban J connectivity index is 1.68. The molecule has 0 saturated heterocycles. The van der Waals surface area contributed by atoms with Crippen molar-refractivity contribution in [3.63, 3.8) is 0 Å². The van der Waals surface area contributed by atoms with Gasteiger partial charge in [0.15, 0.2) is 0 Å². The van der Waals surface area contributed by atoms with E-state index in [1.165, 1.54) is 10.4 Å². The molecule has 6 heteroatoms. The van der Waals surface area contributed by atoms with Crippen LogP contribution in [0.2, 0.25) is 0 Å². The molecule has 6 nitrogen and oxygen atoms in total. The highest BCUT2D eigenvalue weighted by atomic mass is 16.2. The van der Waals surface area contributed by atoms with Crippen LogP contribution in [0.15, 0.2) is 48.5 Å². The molecule has 0 spiro atoms. The number of aryl methyl sites for hydroxylation is 1. The molecule has 3 aromatic rings. The number of nitrogens with one attached hydrogen (secondary N) is 1. The molecule has 2 aromatic carbocycles. The Bertz CT molecular complexity index is 883. The lowest BCUT2D eigenvalue weighted by Crippen LogP contribution is -2.21. The molecule has 1 N–H and O–H groups in total. The summed E-state index contributed by atoms with van der Waals surface area (Å²) in [6.45, 7) is 6.33. The molecule has 0 atom stereocenters. The average Bonchev–Trinajstić information content (AvgIpc) is 3.10. The zero-order valence-corrected chi connectivity index (χ0v) is 15.3. The molecule has 134 valence electrons. The van der Waals surface area contributed by atoms with Crippen LogP contribution in [0.25, 0.3) is 11.4 Å². The van der Waals surface area contributed by atoms with Crippen molar-refractivity contribution < 1.29 is 4.79 Å². The van der Waals surface area contributed by atoms with Gasteiger partial charge in [0.2, 0.25) is 11.7 Å². The maximum atomic E-state index is 12.3. The molecular formula is C20H23N5O. The largest absolute Gasteiger partial charge is 0.324 e. The number of rotatable bonds is 6. The Kier molecular flexibility index (Phi) is 5.41. The first kappa shape index (κ1) is 17.8. The first-order chi connectivity index (χ1) is 12.6. The molecule has 3 rings (SSSR count). The van der Waals surface area contributed by atoms with Crippen molar-refractivity contribution in [3.8, 4) is 11.4 Å². The quantitative estimate of drug-likeness (QED) is 0.737. The van der Waals surface area contributed by atoms with E-state index >= 15 is 0 Å². The van der Waals surface area contributed by atoms with Crippen molar-refractivity contribution in [3.05, 3.63) is 59.7 Å². The molecule has 0 unspecified atom stereocenters. The summed E-state index contributed by atoms with van der Waals surface area (Å²) in [7, 11) is 0. The van der Waals surface area contributed by atoms with Gasteiger partial charge in [0.1, 0.15) is 6.54 Å². The van der Waals surface area contributed by atoms with Crippen molar-refractivity contribution in [2.75, 3.05) is 5.32 Å². The third kappa shape index (κ3) is 4.14. The Morgan fingerprint density at radius 3 is 2.54 bits per heavy atom. The van der Waals surface area contributed by atoms with Crippen LogP contribution in [0.4, 0.5) is 5.69 Å². The number of aromatic nitrogens is 4. The summed E-state index contributed by atoms with van der Waals surface area (Å²) >= 11 is 0. The van der Waals surface area contributed by atoms with Gasteiger partial charge < -0.3 is 5.32 Å². The van der Waals surface area contributed by atoms with Gasteiger partial charge in [-0.15, -0.1) is 10.2 Å². The number of tetrazole rings is 1. The second-order valence-electron chi connectivity index (χ2n) is 6.48. The molecule has 1 aromatic heterocycles. The minimum atomic E-state index is -0.177. The number of anilines is 1. The summed E-state index contributed by atoms with van der Waals surface area (Å²) in [5.41, 5.74) is 4.07. The monoisotopic (exact) mass is 349 g/mol. The molecule has 0 aliphatic heterocycles. The molecule has 0 radical (unpaired) electrons. The molecular weight excluding hydrogens is 326 g/mol. The second-order valence-corrected chi connectivity index (χ2v) is 6.48. The van der Waals surface area contributed by atoms with Crippen LogP contribution in [0, 0.1) is 0 Å². The highest BCUT2D eigenvalue weighted by Crippen LogP contribution is 2.23. The Labute approximate surface area is 153 Å². The fourth-order valence-electron chi connectivity index (χ4n) is 2.75. The van der Waals surface area contributed by atoms with Crippen molar-refractivity contribution in [1.82, 2.24) is 20.2 Å². The summed E-state index contributed by atoms with van der Waals surface area (Å²) in [5.74, 6) is 0.667. The van der Waals surface area contributed by atoms with E-state index in [4.69, 9.17) is 0 Å². The maximum Gasteiger partial charge on any atom is 0.248 e. The predicted molar refractivity (Wildman–Crippen MR) is 102 cm³/mol. The number of carbonyl (C=O) groups excluding carboxylic acids is 1. The third-order valence-electron chi connectivity index (χ3n) is 4.22. The van der Waals surface area contributed by atoms with Crippen molar-refractivity contribution >= 4 is 11.6 Å². The van der Waals surface area contributed by atoms with E-state index in [1.54, 1.807) is 0 Å². The standard InChI is InChI=1S/C20H23N5O/c1-4-15-9-11-16(12-10-15)20-22-24-25(23-20)13-19(26)21-18-8-6-5-7-17(18)14(2)3/h5-12,14H,4,13H2,1-3H3,(H,21,26). The smallest absolute Gasteiger partial charge is 0.248 e. The third-order valence-corrected chi connectivity index (χ3v) is 4.22. The minimum Gasteiger partial charge on any atom is -0.324 e. The van der Waals surface area contributed by atoms with Crippen LogP contribution in [-0.4, -0.2) is 26.1 Å². The lowest BCUT2D eigenvalue weighted by molar-refractivity contribution is -0.117. The highest BCUT2D eigenvalue weighted by Gasteiger charge is 2.12. The normalized spacial score (nSPS) is 10.9. The molecule has 0 aliphatic carbocycles. The van der Waals surface area contributed by atoms with Gasteiger partial charge >= 0.3 is 0 Å². The summed E-state index contributed by atoms with van der Waals surface area (Å²) in [4.78, 5) is 13.7. The zero-order valence-electron chi connectivity index (χ0n) is 15.3. The number of nitrogens with zero attached hydrogens (tertiary/aromatic N) is 4. The number of benzene rings is 2. The van der Waals surface area contributed by atoms with Crippen LogP contribution < -0.4 is 5.32 Å². The fourth-order valence-corrected chi connectivity index (χ4v) is 2.75. The Morgan fingerprint density at radius 2 is 1.85 bits per heavy atom. The summed E-state index contributed by atoms with van der Waals surface area (Å²) in [6, 6.07) is 15.8. The summed E-state index contributed by atoms with van der Waals surface area (Å²) in [5, 5.41) is 15.3. The van der Waals surface area contributed by atoms with E-state index in [-0.39, 0.29) is 12.5 Å². The SMILES string of the molecule is CCc1ccc(-c2nnn(CC(=O)Nc3ccccc3C(C)C)n2)cc1. The number of amides is 1. The lowest BCUT2D eigenvalue weighted by Gasteiger charge is -2.13. The molecule has 0 saturated carbocycles. The average molecular weight is 349 g/mol. The zero-order chi connectivity index (χ0) is 18.5. The van der Waals surface area contributed by atoms with Gasteiger partial charge in [-0.2, -0.15) is 4.80 Å². The van der Waals surface area contributed by atoms with Crippen LogP contribution in [0.3, 0.4) is 0 Å². The maximum absolute atomic E-state index is 12.3. The number of hydrogen-bond acceptors (Lipinski definition) is 4. The van der Waals surface area contributed by atoms with Gasteiger partial charge in [0.25, 0.3) is 0 Å². The Hall–Kier alpha value is -3.02.